The molecular formula is C28H36ClF3N4O4S. The first-order valence-electron chi connectivity index (χ1n) is 13.1. The number of carbonyl (C=O) groups excluding carboxylic acids is 3. The summed E-state index contributed by atoms with van der Waals surface area (Å²) in [7, 11) is 0. The van der Waals surface area contributed by atoms with Crippen LogP contribution in [0.4, 0.5) is 18.9 Å². The van der Waals surface area contributed by atoms with Gasteiger partial charge in [-0.15, -0.1) is 24.2 Å². The molecule has 2 aromatic carbocycles. The van der Waals surface area contributed by atoms with Gasteiger partial charge in [-0.3, -0.25) is 9.59 Å². The van der Waals surface area contributed by atoms with E-state index in [0.717, 1.165) is 17.3 Å². The Morgan fingerprint density at radius 2 is 1.76 bits per heavy atom. The van der Waals surface area contributed by atoms with E-state index in [-0.39, 0.29) is 61.1 Å². The minimum absolute atomic E-state index is 0. The summed E-state index contributed by atoms with van der Waals surface area (Å²) in [6, 6.07) is 7.14. The number of halogens is 4. The van der Waals surface area contributed by atoms with E-state index < -0.39 is 34.9 Å². The second-order valence-electron chi connectivity index (χ2n) is 9.87. The zero-order valence-electron chi connectivity index (χ0n) is 23.1. The van der Waals surface area contributed by atoms with Gasteiger partial charge in [0.05, 0.1) is 6.61 Å². The maximum absolute atomic E-state index is 14.0. The molecule has 1 heterocycles. The topological polar surface area (TPSA) is 114 Å². The van der Waals surface area contributed by atoms with Crippen LogP contribution in [-0.2, 0) is 32.1 Å². The summed E-state index contributed by atoms with van der Waals surface area (Å²) < 4.78 is 45.7. The minimum Gasteiger partial charge on any atom is -0.464 e. The van der Waals surface area contributed by atoms with Crippen LogP contribution >= 0.6 is 24.2 Å². The summed E-state index contributed by atoms with van der Waals surface area (Å²) in [6.07, 6.45) is -0.338. The third kappa shape index (κ3) is 9.54. The lowest BCUT2D eigenvalue weighted by Crippen LogP contribution is -2.46. The molecule has 3 atom stereocenters. The van der Waals surface area contributed by atoms with Gasteiger partial charge < -0.3 is 26.0 Å². The van der Waals surface area contributed by atoms with Crippen LogP contribution in [0.5, 0.6) is 0 Å². The van der Waals surface area contributed by atoms with Crippen LogP contribution in [0.2, 0.25) is 0 Å². The van der Waals surface area contributed by atoms with E-state index in [1.807, 2.05) is 38.1 Å². The minimum atomic E-state index is -1.30. The van der Waals surface area contributed by atoms with E-state index in [9.17, 15) is 27.6 Å². The van der Waals surface area contributed by atoms with Crippen molar-refractivity contribution in [2.75, 3.05) is 24.2 Å². The lowest BCUT2D eigenvalue weighted by atomic mass is 10.0. The Kier molecular flexibility index (Phi) is 13.3. The average Bonchev–Trinajstić information content (AvgIpc) is 3.40. The Morgan fingerprint density at radius 3 is 2.39 bits per heavy atom. The van der Waals surface area contributed by atoms with Crippen molar-refractivity contribution < 1.29 is 32.3 Å². The molecule has 8 nitrogen and oxygen atoms in total. The van der Waals surface area contributed by atoms with Crippen molar-refractivity contribution in [3.05, 3.63) is 65.0 Å². The van der Waals surface area contributed by atoms with Crippen molar-refractivity contribution in [3.63, 3.8) is 0 Å². The maximum Gasteiger partial charge on any atom is 0.328 e. The first kappa shape index (κ1) is 34.2. The van der Waals surface area contributed by atoms with Crippen LogP contribution < -0.4 is 16.4 Å². The largest absolute Gasteiger partial charge is 0.464 e. The Bertz CT molecular complexity index is 1210. The molecule has 0 saturated carbocycles. The fourth-order valence-corrected chi connectivity index (χ4v) is 5.43. The molecule has 0 radical (unpaired) electrons. The molecule has 1 fully saturated rings. The van der Waals surface area contributed by atoms with Crippen molar-refractivity contribution in [2.45, 2.75) is 57.6 Å². The van der Waals surface area contributed by atoms with E-state index >= 15 is 0 Å². The second-order valence-corrected chi connectivity index (χ2v) is 11.1. The Labute approximate surface area is 248 Å². The van der Waals surface area contributed by atoms with Crippen molar-refractivity contribution in [3.8, 4) is 0 Å². The van der Waals surface area contributed by atoms with Gasteiger partial charge in [0.2, 0.25) is 5.91 Å². The molecule has 2 aromatic rings. The number of carbonyl (C=O) groups is 3. The number of nitrogens with one attached hydrogen (secondary N) is 2. The number of esters is 1. The van der Waals surface area contributed by atoms with Crippen molar-refractivity contribution in [1.29, 1.82) is 0 Å². The van der Waals surface area contributed by atoms with Crippen LogP contribution in [0.1, 0.15) is 38.3 Å². The molecule has 0 bridgehead atoms. The molecular weight excluding hydrogens is 581 g/mol. The van der Waals surface area contributed by atoms with Crippen LogP contribution in [0.3, 0.4) is 0 Å². The standard InChI is InChI=1S/C28H35F3N4O4S.ClH/c1-4-39-28(38)25(16(2)3)34-20-7-5-17(6-8-20)15-33-26(37)27-35(9-10-40-27)24(36)13-19(32)11-18-12-22(30)23(31)14-21(18)29;/h5-8,12,14,16,19,25,27,34H,4,9-11,13,15,32H2,1-3H3,(H,33,37);1H/t19-,25-,27+;/m1./s1. The number of benzene rings is 2. The zero-order chi connectivity index (χ0) is 29.4. The van der Waals surface area contributed by atoms with Crippen molar-refractivity contribution in [1.82, 2.24) is 10.2 Å². The van der Waals surface area contributed by atoms with E-state index in [1.165, 1.54) is 16.7 Å². The molecule has 13 heteroatoms. The van der Waals surface area contributed by atoms with Gasteiger partial charge in [0.25, 0.3) is 5.91 Å². The average molecular weight is 617 g/mol. The molecule has 41 heavy (non-hydrogen) atoms. The zero-order valence-corrected chi connectivity index (χ0v) is 24.8. The maximum atomic E-state index is 14.0. The third-order valence-electron chi connectivity index (χ3n) is 6.39. The SMILES string of the molecule is CCOC(=O)[C@H](Nc1ccc(CNC(=O)[C@@H]2SCCN2C(=O)C[C@H](N)Cc2cc(F)c(F)cc2F)cc1)C(C)C.Cl. The highest BCUT2D eigenvalue weighted by Crippen LogP contribution is 2.26. The number of hydrogen-bond donors (Lipinski definition) is 3. The summed E-state index contributed by atoms with van der Waals surface area (Å²) in [5.41, 5.74) is 7.46. The number of thioether (sulfide) groups is 1. The van der Waals surface area contributed by atoms with Gasteiger partial charge in [-0.05, 0) is 48.6 Å². The molecule has 4 N–H and O–H groups in total. The number of nitrogens with two attached hydrogens (primary N) is 1. The molecule has 3 rings (SSSR count). The highest BCUT2D eigenvalue weighted by molar-refractivity contribution is 8.00. The predicted molar refractivity (Wildman–Crippen MR) is 155 cm³/mol. The molecule has 1 aliphatic heterocycles. The third-order valence-corrected chi connectivity index (χ3v) is 7.60. The molecule has 1 aliphatic rings. The predicted octanol–water partition coefficient (Wildman–Crippen LogP) is 4.00. The highest BCUT2D eigenvalue weighted by Gasteiger charge is 2.35. The Morgan fingerprint density at radius 1 is 1.10 bits per heavy atom. The number of anilines is 1. The number of nitrogens with zero attached hydrogens (tertiary/aromatic N) is 1. The van der Waals surface area contributed by atoms with Gasteiger partial charge in [-0.2, -0.15) is 0 Å². The molecule has 2 amide bonds. The first-order chi connectivity index (χ1) is 19.0. The number of ether oxygens (including phenoxy) is 1. The number of rotatable bonds is 12. The Hall–Kier alpha value is -2.96. The monoisotopic (exact) mass is 616 g/mol. The molecule has 0 spiro atoms. The summed E-state index contributed by atoms with van der Waals surface area (Å²) in [5.74, 6) is -3.86. The lowest BCUT2D eigenvalue weighted by molar-refractivity contribution is -0.145. The van der Waals surface area contributed by atoms with Crippen LogP contribution in [-0.4, -0.2) is 59.0 Å². The van der Waals surface area contributed by atoms with Crippen molar-refractivity contribution >= 4 is 47.6 Å². The second kappa shape index (κ2) is 15.9. The number of hydrogen-bond acceptors (Lipinski definition) is 7. The molecule has 0 aliphatic carbocycles. The number of amides is 2. The van der Waals surface area contributed by atoms with Crippen LogP contribution in [0.25, 0.3) is 0 Å². The normalized spacial score (nSPS) is 16.1. The van der Waals surface area contributed by atoms with E-state index in [4.69, 9.17) is 10.5 Å². The van der Waals surface area contributed by atoms with Gasteiger partial charge in [-0.25, -0.2) is 18.0 Å². The lowest BCUT2D eigenvalue weighted by Gasteiger charge is -2.24. The summed E-state index contributed by atoms with van der Waals surface area (Å²) in [5, 5.41) is 5.29. The van der Waals surface area contributed by atoms with Gasteiger partial charge in [-0.1, -0.05) is 26.0 Å². The summed E-state index contributed by atoms with van der Waals surface area (Å²) >= 11 is 1.32. The fraction of sp³-hybridized carbons (Fsp3) is 0.464. The molecule has 226 valence electrons. The van der Waals surface area contributed by atoms with Gasteiger partial charge in [0, 0.05) is 43.1 Å². The van der Waals surface area contributed by atoms with Gasteiger partial charge in [0.15, 0.2) is 17.0 Å². The van der Waals surface area contributed by atoms with Crippen molar-refractivity contribution in [2.24, 2.45) is 11.7 Å². The van der Waals surface area contributed by atoms with Crippen LogP contribution in [0.15, 0.2) is 36.4 Å². The van der Waals surface area contributed by atoms with Crippen LogP contribution in [0, 0.1) is 23.4 Å². The van der Waals surface area contributed by atoms with E-state index in [1.54, 1.807) is 6.92 Å². The molecule has 0 unspecified atom stereocenters. The summed E-state index contributed by atoms with van der Waals surface area (Å²) in [6.45, 7) is 6.49. The molecule has 0 aromatic heterocycles. The molecule has 1 saturated heterocycles. The fourth-order valence-electron chi connectivity index (χ4n) is 4.26. The van der Waals surface area contributed by atoms with E-state index in [2.05, 4.69) is 10.6 Å². The summed E-state index contributed by atoms with van der Waals surface area (Å²) in [4.78, 5) is 39.4. The smallest absolute Gasteiger partial charge is 0.328 e. The van der Waals surface area contributed by atoms with E-state index in [0.29, 0.717) is 25.0 Å². The van der Waals surface area contributed by atoms with Gasteiger partial charge >= 0.3 is 5.97 Å². The highest BCUT2D eigenvalue weighted by atomic mass is 35.5. The Balaban J connectivity index is 0.00000588. The first-order valence-corrected chi connectivity index (χ1v) is 14.1. The quantitative estimate of drug-likeness (QED) is 0.244. The van der Waals surface area contributed by atoms with Gasteiger partial charge in [0.1, 0.15) is 11.9 Å².